The van der Waals surface area contributed by atoms with Crippen LogP contribution in [0.5, 0.6) is 0 Å². The van der Waals surface area contributed by atoms with Crippen molar-refractivity contribution in [2.45, 2.75) is 77.5 Å². The number of hydrogen-bond acceptors (Lipinski definition) is 8. The van der Waals surface area contributed by atoms with Crippen molar-refractivity contribution in [2.75, 3.05) is 66.5 Å². The molecule has 2 heterocycles. The largest absolute Gasteiger partial charge is 0.480 e. The summed E-state index contributed by atoms with van der Waals surface area (Å²) in [5.74, 6) is 0.188. The maximum absolute atomic E-state index is 12.8. The summed E-state index contributed by atoms with van der Waals surface area (Å²) < 4.78 is 10.3. The molecule has 12 heteroatoms. The number of piperazine rings is 1. The Morgan fingerprint density at radius 2 is 0.968 bits per heavy atom. The summed E-state index contributed by atoms with van der Waals surface area (Å²) in [7, 11) is 2.98. The van der Waals surface area contributed by atoms with Gasteiger partial charge in [-0.1, -0.05) is 121 Å². The van der Waals surface area contributed by atoms with Crippen LogP contribution in [-0.4, -0.2) is 126 Å². The Kier molecular flexibility index (Phi) is 19.2. The summed E-state index contributed by atoms with van der Waals surface area (Å²) in [4.78, 5) is 52.9. The van der Waals surface area contributed by atoms with E-state index in [1.165, 1.54) is 47.0 Å². The summed E-state index contributed by atoms with van der Waals surface area (Å²) in [5.41, 5.74) is 4.24. The lowest BCUT2D eigenvalue weighted by molar-refractivity contribution is -0.138. The molecule has 6 rings (SSSR count). The van der Waals surface area contributed by atoms with Crippen molar-refractivity contribution in [1.82, 2.24) is 24.9 Å². The van der Waals surface area contributed by atoms with Crippen LogP contribution in [0.3, 0.4) is 0 Å². The predicted molar refractivity (Wildman–Crippen MR) is 249 cm³/mol. The lowest BCUT2D eigenvalue weighted by Crippen LogP contribution is -2.52. The second kappa shape index (κ2) is 24.2. The second-order valence-corrected chi connectivity index (χ2v) is 18.1. The van der Waals surface area contributed by atoms with Crippen molar-refractivity contribution < 1.29 is 33.8 Å². The van der Waals surface area contributed by atoms with Crippen molar-refractivity contribution in [2.24, 2.45) is 5.92 Å². The first-order valence-electron chi connectivity index (χ1n) is 21.9. The summed E-state index contributed by atoms with van der Waals surface area (Å²) in [5, 5.41) is 11.9. The van der Waals surface area contributed by atoms with Gasteiger partial charge in [0.25, 0.3) is 0 Å². The van der Waals surface area contributed by atoms with Gasteiger partial charge in [-0.3, -0.25) is 14.5 Å². The van der Waals surface area contributed by atoms with Crippen LogP contribution in [0.4, 0.5) is 9.59 Å². The van der Waals surface area contributed by atoms with Gasteiger partial charge in [-0.15, -0.1) is 0 Å². The van der Waals surface area contributed by atoms with Gasteiger partial charge in [0.1, 0.15) is 24.3 Å². The molecule has 2 saturated heterocycles. The van der Waals surface area contributed by atoms with Gasteiger partial charge in [-0.25, -0.2) is 9.59 Å². The van der Waals surface area contributed by atoms with Crippen molar-refractivity contribution in [3.8, 4) is 0 Å². The molecule has 340 valence electrons. The highest BCUT2D eigenvalue weighted by atomic mass is 16.6. The van der Waals surface area contributed by atoms with Gasteiger partial charge in [0.2, 0.25) is 5.91 Å². The monoisotopic (exact) mass is 864 g/mol. The van der Waals surface area contributed by atoms with Gasteiger partial charge < -0.3 is 34.6 Å². The minimum atomic E-state index is -1.06. The molecule has 2 fully saturated rings. The van der Waals surface area contributed by atoms with Gasteiger partial charge in [0.15, 0.2) is 0 Å². The Hall–Kier alpha value is -5.72. The van der Waals surface area contributed by atoms with Crippen LogP contribution in [-0.2, 0) is 19.1 Å². The highest BCUT2D eigenvalue weighted by molar-refractivity contribution is 5.82. The number of ether oxygens (including phenoxy) is 2. The molecular weight excluding hydrogens is 795 g/mol. The van der Waals surface area contributed by atoms with E-state index in [0.29, 0.717) is 19.0 Å². The first-order chi connectivity index (χ1) is 29.9. The van der Waals surface area contributed by atoms with Crippen LogP contribution in [0.15, 0.2) is 121 Å². The number of aliphatic carboxylic acids is 1. The molecule has 2 aliphatic rings. The predicted octanol–water partition coefficient (Wildman–Crippen LogP) is 8.54. The number of rotatable bonds is 10. The standard InChI is InChI=1S/C25H33N3O3.C18H21N.C8H15NO4/c1-25(2,3)31-24(30)26(4)19-22(29)27-15-17-28(18-16-27)23(20-11-7-5-8-12-20)21-13-9-6-10-14-21;1-3-7-15(8-4-1)18(16-9-5-2-6-10-16)17-11-13-19-14-12-17;1-8(2,3)13-7(12)9(4)5-6(10)11/h5-14,23H,15-19H2,1-4H3;1-10,17-19H,11-14H2;5H2,1-4H3,(H,10,11). The van der Waals surface area contributed by atoms with Gasteiger partial charge in [0, 0.05) is 46.2 Å². The topological polar surface area (TPSA) is 132 Å². The number of hydrogen-bond donors (Lipinski definition) is 2. The smallest absolute Gasteiger partial charge is 0.410 e. The molecule has 0 spiro atoms. The minimum absolute atomic E-state index is 0.0235. The Morgan fingerprint density at radius 3 is 1.33 bits per heavy atom. The van der Waals surface area contributed by atoms with Gasteiger partial charge >= 0.3 is 18.2 Å². The van der Waals surface area contributed by atoms with E-state index in [0.717, 1.165) is 37.0 Å². The zero-order valence-corrected chi connectivity index (χ0v) is 38.5. The number of likely N-dealkylation sites (N-methyl/N-ethyl adjacent to an activating group) is 2. The fourth-order valence-corrected chi connectivity index (χ4v) is 7.66. The molecule has 63 heavy (non-hydrogen) atoms. The Bertz CT molecular complexity index is 1900. The van der Waals surface area contributed by atoms with Gasteiger partial charge in [-0.05, 0) is 95.6 Å². The molecule has 2 aliphatic heterocycles. The minimum Gasteiger partial charge on any atom is -0.480 e. The van der Waals surface area contributed by atoms with Crippen molar-refractivity contribution >= 4 is 24.1 Å². The molecule has 0 radical (unpaired) electrons. The van der Waals surface area contributed by atoms with E-state index in [-0.39, 0.29) is 25.0 Å². The van der Waals surface area contributed by atoms with E-state index in [4.69, 9.17) is 14.6 Å². The number of carbonyl (C=O) groups is 4. The third-order valence-electron chi connectivity index (χ3n) is 10.6. The lowest BCUT2D eigenvalue weighted by atomic mass is 9.76. The molecule has 0 saturated carbocycles. The van der Waals surface area contributed by atoms with Gasteiger partial charge in [0.05, 0.1) is 6.04 Å². The zero-order chi connectivity index (χ0) is 46.0. The van der Waals surface area contributed by atoms with E-state index < -0.39 is 29.4 Å². The zero-order valence-electron chi connectivity index (χ0n) is 38.5. The third-order valence-corrected chi connectivity index (χ3v) is 10.6. The number of amides is 3. The van der Waals surface area contributed by atoms with E-state index in [9.17, 15) is 19.2 Å². The number of carboxylic acid groups (broad SMARTS) is 1. The summed E-state index contributed by atoms with van der Waals surface area (Å²) >= 11 is 0. The average molecular weight is 864 g/mol. The van der Waals surface area contributed by atoms with E-state index in [1.807, 2.05) is 37.8 Å². The number of carboxylic acids is 1. The number of carbonyl (C=O) groups excluding carboxylic acids is 3. The van der Waals surface area contributed by atoms with Crippen molar-refractivity contribution in [1.29, 1.82) is 0 Å². The number of nitrogens with one attached hydrogen (secondary N) is 1. The van der Waals surface area contributed by atoms with Crippen LogP contribution in [0.2, 0.25) is 0 Å². The Labute approximate surface area is 375 Å². The van der Waals surface area contributed by atoms with E-state index in [1.54, 1.807) is 27.8 Å². The number of nitrogens with zero attached hydrogens (tertiary/aromatic N) is 4. The van der Waals surface area contributed by atoms with Crippen LogP contribution >= 0.6 is 0 Å². The average Bonchev–Trinajstić information content (AvgIpc) is 3.25. The molecule has 0 bridgehead atoms. The normalized spacial score (nSPS) is 14.7. The molecule has 2 N–H and O–H groups in total. The van der Waals surface area contributed by atoms with Crippen molar-refractivity contribution in [3.63, 3.8) is 0 Å². The molecular formula is C51H69N5O7. The Morgan fingerprint density at radius 1 is 0.603 bits per heavy atom. The van der Waals surface area contributed by atoms with Crippen LogP contribution in [0.25, 0.3) is 0 Å². The third kappa shape index (κ3) is 17.2. The fraction of sp³-hybridized carbons (Fsp3) is 0.451. The molecule has 4 aromatic rings. The first-order valence-corrected chi connectivity index (χ1v) is 21.9. The molecule has 0 aliphatic carbocycles. The highest BCUT2D eigenvalue weighted by Gasteiger charge is 2.30. The quantitative estimate of drug-likeness (QED) is 0.161. The lowest BCUT2D eigenvalue weighted by Gasteiger charge is -2.40. The van der Waals surface area contributed by atoms with Gasteiger partial charge in [-0.2, -0.15) is 0 Å². The maximum Gasteiger partial charge on any atom is 0.410 e. The van der Waals surface area contributed by atoms with E-state index in [2.05, 4.69) is 119 Å². The Balaban J connectivity index is 0.000000231. The van der Waals surface area contributed by atoms with Crippen molar-refractivity contribution in [3.05, 3.63) is 144 Å². The van der Waals surface area contributed by atoms with Crippen LogP contribution in [0.1, 0.15) is 88.6 Å². The first kappa shape index (κ1) is 49.9. The second-order valence-electron chi connectivity index (χ2n) is 18.1. The van der Waals surface area contributed by atoms with Crippen LogP contribution < -0.4 is 5.32 Å². The molecule has 0 aromatic heterocycles. The number of piperidine rings is 1. The highest BCUT2D eigenvalue weighted by Crippen LogP contribution is 2.36. The van der Waals surface area contributed by atoms with Crippen LogP contribution in [0, 0.1) is 5.92 Å². The summed E-state index contributed by atoms with van der Waals surface area (Å²) in [6.45, 7) is 15.4. The van der Waals surface area contributed by atoms with E-state index >= 15 is 0 Å². The molecule has 0 unspecified atom stereocenters. The summed E-state index contributed by atoms with van der Waals surface area (Å²) in [6, 6.07) is 43.1. The molecule has 12 nitrogen and oxygen atoms in total. The molecule has 0 atom stereocenters. The molecule has 3 amide bonds. The SMILES string of the molecule is CN(CC(=O)N1CCN(C(c2ccccc2)c2ccccc2)CC1)C(=O)OC(C)(C)C.CN(CC(=O)O)C(=O)OC(C)(C)C.c1ccc(C(c2ccccc2)C2CCNCC2)cc1. The molecule has 4 aromatic carbocycles. The number of benzene rings is 4. The maximum atomic E-state index is 12.8. The fourth-order valence-electron chi connectivity index (χ4n) is 7.66. The summed E-state index contributed by atoms with van der Waals surface area (Å²) in [6.07, 6.45) is 1.44.